The molecule has 0 radical (unpaired) electrons. The molecule has 0 aromatic rings. The third-order valence-corrected chi connectivity index (χ3v) is 6.44. The first kappa shape index (κ1) is 25.1. The fourth-order valence-corrected chi connectivity index (χ4v) is 4.56. The molecule has 0 aromatic heterocycles. The summed E-state index contributed by atoms with van der Waals surface area (Å²) < 4.78 is 8.01. The molecule has 0 bridgehead atoms. The molecule has 0 saturated carbocycles. The molecule has 1 aliphatic heterocycles. The molecule has 1 saturated heterocycles. The lowest BCUT2D eigenvalue weighted by Crippen LogP contribution is -2.74. The van der Waals surface area contributed by atoms with Gasteiger partial charge in [0.15, 0.2) is 0 Å². The summed E-state index contributed by atoms with van der Waals surface area (Å²) in [6.45, 7) is 18.3. The predicted molar refractivity (Wildman–Crippen MR) is 127 cm³/mol. The van der Waals surface area contributed by atoms with Crippen LogP contribution in [0.25, 0.3) is 0 Å². The maximum atomic E-state index is 2.67. The summed E-state index contributed by atoms with van der Waals surface area (Å²) in [4.78, 5) is 0. The van der Waals surface area contributed by atoms with E-state index < -0.39 is 0 Å². The van der Waals surface area contributed by atoms with Crippen molar-refractivity contribution in [2.45, 2.75) is 106 Å². The molecule has 156 valence electrons. The van der Waals surface area contributed by atoms with Gasteiger partial charge in [0.05, 0.1) is 0 Å². The zero-order chi connectivity index (χ0) is 20.8. The quantitative estimate of drug-likeness (QED) is 0.378. The molecule has 0 N–H and O–H groups in total. The highest BCUT2D eigenvalue weighted by molar-refractivity contribution is 6.85. The average molecular weight is 375 g/mol. The lowest BCUT2D eigenvalue weighted by atomic mass is 9.40. The van der Waals surface area contributed by atoms with Crippen molar-refractivity contribution in [2.24, 2.45) is 10.8 Å². The third kappa shape index (κ3) is 8.54. The maximum absolute atomic E-state index is 2.67. The number of unbranched alkanes of at least 4 members (excludes halogenated alkanes) is 3. The molecule has 0 amide bonds. The van der Waals surface area contributed by atoms with Gasteiger partial charge in [-0.2, -0.15) is 0 Å². The van der Waals surface area contributed by atoms with Crippen molar-refractivity contribution >= 4 is 20.9 Å². The molecular formula is C21H48B3N3. The normalized spacial score (nSPS) is 18.7. The Kier molecular flexibility index (Phi) is 9.99. The molecule has 1 aliphatic rings. The van der Waals surface area contributed by atoms with Crippen LogP contribution in [0.15, 0.2) is 0 Å². The fraction of sp³-hybridized carbons (Fsp3) is 1.00. The lowest BCUT2D eigenvalue weighted by Gasteiger charge is -2.52. The van der Waals surface area contributed by atoms with Gasteiger partial charge in [-0.1, -0.05) is 87.0 Å². The van der Waals surface area contributed by atoms with Gasteiger partial charge < -0.3 is 14.2 Å². The van der Waals surface area contributed by atoms with E-state index in [9.17, 15) is 0 Å². The number of hydrogen-bond donors (Lipinski definition) is 0. The molecule has 27 heavy (non-hydrogen) atoms. The molecule has 1 heterocycles. The Morgan fingerprint density at radius 1 is 0.556 bits per heavy atom. The van der Waals surface area contributed by atoms with Crippen molar-refractivity contribution in [3.63, 3.8) is 0 Å². The first-order chi connectivity index (χ1) is 12.4. The van der Waals surface area contributed by atoms with E-state index in [0.717, 1.165) is 0 Å². The highest BCUT2D eigenvalue weighted by Crippen LogP contribution is 2.31. The van der Waals surface area contributed by atoms with Crippen LogP contribution in [0.5, 0.6) is 0 Å². The summed E-state index contributed by atoms with van der Waals surface area (Å²) in [5.74, 6) is 0. The van der Waals surface area contributed by atoms with Gasteiger partial charge in [-0.15, -0.1) is 0 Å². The standard InChI is InChI=1S/C21H48B3N3/c1-11-12-13-14-17-22-25(8)23(18-15-20(2,3)4)27(10)24(26(22)9)19-16-21(5,6)7/h11-19H2,1-10H3. The van der Waals surface area contributed by atoms with Crippen molar-refractivity contribution < 1.29 is 0 Å². The SMILES string of the molecule is CCCCCCB1N(C)B(CCC(C)(C)C)N(C)B(CCC(C)(C)C)N1C. The Balaban J connectivity index is 2.90. The Hall–Kier alpha value is 0.0748. The molecule has 1 rings (SSSR count). The highest BCUT2D eigenvalue weighted by Gasteiger charge is 2.47. The second kappa shape index (κ2) is 10.7. The van der Waals surface area contributed by atoms with E-state index in [-0.39, 0.29) is 0 Å². The predicted octanol–water partition coefficient (Wildman–Crippen LogP) is 5.71. The van der Waals surface area contributed by atoms with Crippen LogP contribution in [-0.2, 0) is 0 Å². The molecule has 0 aromatic carbocycles. The Labute approximate surface area is 173 Å². The minimum Gasteiger partial charge on any atom is -0.360 e. The maximum Gasteiger partial charge on any atom is 0.289 e. The average Bonchev–Trinajstić information content (AvgIpc) is 2.51. The minimum absolute atomic E-state index is 0.405. The van der Waals surface area contributed by atoms with Crippen LogP contribution in [0.1, 0.15) is 87.0 Å². The van der Waals surface area contributed by atoms with Crippen molar-refractivity contribution in [3.8, 4) is 0 Å². The van der Waals surface area contributed by atoms with Gasteiger partial charge >= 0.3 is 0 Å². The van der Waals surface area contributed by atoms with Gasteiger partial charge in [0.1, 0.15) is 0 Å². The summed E-state index contributed by atoms with van der Waals surface area (Å²) in [6, 6.07) is 0. The minimum atomic E-state index is 0.405. The van der Waals surface area contributed by atoms with E-state index in [2.05, 4.69) is 83.8 Å². The first-order valence-electron chi connectivity index (χ1n) is 11.5. The topological polar surface area (TPSA) is 9.72 Å². The van der Waals surface area contributed by atoms with Gasteiger partial charge in [-0.05, 0) is 50.9 Å². The van der Waals surface area contributed by atoms with Crippen LogP contribution >= 0.6 is 0 Å². The number of hydrogen-bond acceptors (Lipinski definition) is 3. The Morgan fingerprint density at radius 3 is 1.26 bits per heavy atom. The van der Waals surface area contributed by atoms with Gasteiger partial charge in [0.25, 0.3) is 20.9 Å². The summed E-state index contributed by atoms with van der Waals surface area (Å²) >= 11 is 0. The molecule has 1 fully saturated rings. The molecule has 0 spiro atoms. The molecule has 0 unspecified atom stereocenters. The van der Waals surface area contributed by atoms with Crippen LogP contribution < -0.4 is 0 Å². The van der Waals surface area contributed by atoms with E-state index in [1.54, 1.807) is 0 Å². The van der Waals surface area contributed by atoms with Crippen molar-refractivity contribution in [2.75, 3.05) is 21.1 Å². The van der Waals surface area contributed by atoms with Crippen LogP contribution in [0.3, 0.4) is 0 Å². The lowest BCUT2D eigenvalue weighted by molar-refractivity contribution is 0.380. The van der Waals surface area contributed by atoms with Gasteiger partial charge in [0.2, 0.25) is 0 Å². The summed E-state index contributed by atoms with van der Waals surface area (Å²) in [6.07, 6.45) is 11.8. The van der Waals surface area contributed by atoms with Crippen LogP contribution in [0.2, 0.25) is 19.0 Å². The second-order valence-corrected chi connectivity index (χ2v) is 11.5. The Morgan fingerprint density at radius 2 is 0.926 bits per heavy atom. The van der Waals surface area contributed by atoms with Gasteiger partial charge in [-0.3, -0.25) is 0 Å². The smallest absolute Gasteiger partial charge is 0.289 e. The zero-order valence-electron chi connectivity index (χ0n) is 20.4. The van der Waals surface area contributed by atoms with Gasteiger partial charge in [-0.25, -0.2) is 0 Å². The van der Waals surface area contributed by atoms with Crippen LogP contribution in [-0.4, -0.2) is 56.3 Å². The van der Waals surface area contributed by atoms with Crippen LogP contribution in [0, 0.1) is 10.8 Å². The second-order valence-electron chi connectivity index (χ2n) is 11.5. The first-order valence-corrected chi connectivity index (χ1v) is 11.5. The molecule has 6 heteroatoms. The van der Waals surface area contributed by atoms with Crippen molar-refractivity contribution in [1.29, 1.82) is 0 Å². The molecule has 0 aliphatic carbocycles. The third-order valence-electron chi connectivity index (χ3n) is 6.44. The van der Waals surface area contributed by atoms with E-state index in [4.69, 9.17) is 0 Å². The van der Waals surface area contributed by atoms with E-state index >= 15 is 0 Å². The monoisotopic (exact) mass is 375 g/mol. The summed E-state index contributed by atoms with van der Waals surface area (Å²) in [7, 11) is 7.09. The van der Waals surface area contributed by atoms with Crippen molar-refractivity contribution in [3.05, 3.63) is 0 Å². The Bertz CT molecular complexity index is 388. The van der Waals surface area contributed by atoms with E-state index in [0.29, 0.717) is 31.8 Å². The van der Waals surface area contributed by atoms with Gasteiger partial charge in [0, 0.05) is 0 Å². The summed E-state index contributed by atoms with van der Waals surface area (Å²) in [5.41, 5.74) is 0.811. The molecular weight excluding hydrogens is 327 g/mol. The van der Waals surface area contributed by atoms with Crippen LogP contribution in [0.4, 0.5) is 0 Å². The number of nitrogens with zero attached hydrogens (tertiary/aromatic N) is 3. The van der Waals surface area contributed by atoms with E-state index in [1.807, 2.05) is 0 Å². The summed E-state index contributed by atoms with van der Waals surface area (Å²) in [5, 5.41) is 0. The zero-order valence-corrected chi connectivity index (χ0v) is 20.4. The molecule has 3 nitrogen and oxygen atoms in total. The largest absolute Gasteiger partial charge is 0.360 e. The fourth-order valence-electron chi connectivity index (χ4n) is 4.56. The van der Waals surface area contributed by atoms with Crippen molar-refractivity contribution in [1.82, 2.24) is 14.2 Å². The molecule has 0 atom stereocenters. The highest BCUT2D eigenvalue weighted by atomic mass is 15.3. The van der Waals surface area contributed by atoms with E-state index in [1.165, 1.54) is 57.5 Å². The number of rotatable bonds is 9.